The maximum Gasteiger partial charge on any atom is 0.0940 e. The Morgan fingerprint density at radius 3 is 2.40 bits per heavy atom. The van der Waals surface area contributed by atoms with Crippen LogP contribution in [0.5, 0.6) is 0 Å². The van der Waals surface area contributed by atoms with Crippen molar-refractivity contribution in [3.8, 4) is 0 Å². The van der Waals surface area contributed by atoms with Crippen molar-refractivity contribution in [3.63, 3.8) is 0 Å². The normalized spacial score (nSPS) is 23.0. The first kappa shape index (κ1) is 15.5. The van der Waals surface area contributed by atoms with Crippen LogP contribution in [0.4, 0.5) is 0 Å². The lowest BCUT2D eigenvalue weighted by atomic mass is 9.98. The third-order valence-electron chi connectivity index (χ3n) is 3.98. The molecule has 1 aromatic rings. The molecule has 3 nitrogen and oxygen atoms in total. The van der Waals surface area contributed by atoms with Crippen LogP contribution in [0.15, 0.2) is 12.1 Å². The maximum absolute atomic E-state index is 9.40. The minimum atomic E-state index is -0.196. The highest BCUT2D eigenvalue weighted by atomic mass is 16.5. The van der Waals surface area contributed by atoms with Crippen LogP contribution in [0, 0.1) is 20.8 Å². The number of aliphatic hydroxyl groups is 1. The predicted molar refractivity (Wildman–Crippen MR) is 82.0 cm³/mol. The zero-order chi connectivity index (χ0) is 14.9. The molecule has 1 saturated heterocycles. The third-order valence-corrected chi connectivity index (χ3v) is 3.98. The van der Waals surface area contributed by atoms with Crippen molar-refractivity contribution in [2.75, 3.05) is 19.7 Å². The molecule has 0 saturated carbocycles. The van der Waals surface area contributed by atoms with Crippen LogP contribution in [0.3, 0.4) is 0 Å². The van der Waals surface area contributed by atoms with Crippen LogP contribution in [0.2, 0.25) is 0 Å². The molecule has 0 bridgehead atoms. The van der Waals surface area contributed by atoms with Crippen molar-refractivity contribution in [1.82, 2.24) is 4.90 Å². The van der Waals surface area contributed by atoms with Crippen molar-refractivity contribution < 1.29 is 9.84 Å². The van der Waals surface area contributed by atoms with Gasteiger partial charge in [0.25, 0.3) is 0 Å². The van der Waals surface area contributed by atoms with Gasteiger partial charge in [-0.3, -0.25) is 4.90 Å². The summed E-state index contributed by atoms with van der Waals surface area (Å²) in [6.45, 7) is 13.4. The summed E-state index contributed by atoms with van der Waals surface area (Å²) >= 11 is 0. The van der Waals surface area contributed by atoms with Crippen LogP contribution in [-0.2, 0) is 11.3 Å². The van der Waals surface area contributed by atoms with E-state index in [0.717, 1.165) is 19.6 Å². The standard InChI is InChI=1S/C17H27NO2/c1-12-6-13(2)16(14(3)7-12)9-18-8-15(10-19)20-17(4,5)11-18/h6-7,15,19H,8-11H2,1-5H3. The van der Waals surface area contributed by atoms with E-state index >= 15 is 0 Å². The molecule has 0 amide bonds. The average Bonchev–Trinajstić information content (AvgIpc) is 2.31. The van der Waals surface area contributed by atoms with Crippen LogP contribution < -0.4 is 0 Å². The molecule has 1 aromatic carbocycles. The minimum Gasteiger partial charge on any atom is -0.394 e. The van der Waals surface area contributed by atoms with Gasteiger partial charge < -0.3 is 9.84 Å². The lowest BCUT2D eigenvalue weighted by Gasteiger charge is -2.42. The van der Waals surface area contributed by atoms with Gasteiger partial charge >= 0.3 is 0 Å². The molecule has 3 heteroatoms. The van der Waals surface area contributed by atoms with Gasteiger partial charge in [-0.1, -0.05) is 17.7 Å². The van der Waals surface area contributed by atoms with Crippen molar-refractivity contribution >= 4 is 0 Å². The van der Waals surface area contributed by atoms with Gasteiger partial charge in [0.15, 0.2) is 0 Å². The lowest BCUT2D eigenvalue weighted by Crippen LogP contribution is -2.53. The first-order valence-electron chi connectivity index (χ1n) is 7.38. The van der Waals surface area contributed by atoms with E-state index in [1.807, 2.05) is 0 Å². The Balaban J connectivity index is 2.17. The van der Waals surface area contributed by atoms with Crippen molar-refractivity contribution in [3.05, 3.63) is 34.4 Å². The smallest absolute Gasteiger partial charge is 0.0940 e. The summed E-state index contributed by atoms with van der Waals surface area (Å²) in [7, 11) is 0. The van der Waals surface area contributed by atoms with E-state index in [1.165, 1.54) is 22.3 Å². The van der Waals surface area contributed by atoms with E-state index in [2.05, 4.69) is 51.7 Å². The highest BCUT2D eigenvalue weighted by Gasteiger charge is 2.33. The Labute approximate surface area is 122 Å². The highest BCUT2D eigenvalue weighted by molar-refractivity contribution is 5.37. The number of benzene rings is 1. The molecule has 0 aromatic heterocycles. The van der Waals surface area contributed by atoms with Crippen molar-refractivity contribution in [2.45, 2.75) is 52.9 Å². The summed E-state index contributed by atoms with van der Waals surface area (Å²) in [6, 6.07) is 4.49. The van der Waals surface area contributed by atoms with Gasteiger partial charge in [-0.25, -0.2) is 0 Å². The Kier molecular flexibility index (Phi) is 4.52. The van der Waals surface area contributed by atoms with Crippen molar-refractivity contribution in [1.29, 1.82) is 0 Å². The second kappa shape index (κ2) is 5.84. The number of hydrogen-bond donors (Lipinski definition) is 1. The number of aliphatic hydroxyl groups excluding tert-OH is 1. The van der Waals surface area contributed by atoms with Crippen LogP contribution in [-0.4, -0.2) is 41.4 Å². The first-order chi connectivity index (χ1) is 9.30. The molecular weight excluding hydrogens is 250 g/mol. The fraction of sp³-hybridized carbons (Fsp3) is 0.647. The van der Waals surface area contributed by atoms with Crippen LogP contribution in [0.25, 0.3) is 0 Å². The average molecular weight is 277 g/mol. The Morgan fingerprint density at radius 2 is 1.85 bits per heavy atom. The molecule has 0 radical (unpaired) electrons. The molecule has 2 rings (SSSR count). The number of aryl methyl sites for hydroxylation is 3. The minimum absolute atomic E-state index is 0.0789. The van der Waals surface area contributed by atoms with Gasteiger partial charge in [-0.2, -0.15) is 0 Å². The maximum atomic E-state index is 9.40. The van der Waals surface area contributed by atoms with Gasteiger partial charge in [0, 0.05) is 19.6 Å². The Bertz CT molecular complexity index is 459. The van der Waals surface area contributed by atoms with Gasteiger partial charge in [0.1, 0.15) is 0 Å². The number of hydrogen-bond acceptors (Lipinski definition) is 3. The lowest BCUT2D eigenvalue weighted by molar-refractivity contribution is -0.150. The van der Waals surface area contributed by atoms with Crippen molar-refractivity contribution in [2.24, 2.45) is 0 Å². The predicted octanol–water partition coefficient (Wildman–Crippen LogP) is 2.58. The molecule has 1 atom stereocenters. The van der Waals surface area contributed by atoms with Gasteiger partial charge in [0.05, 0.1) is 18.3 Å². The van der Waals surface area contributed by atoms with E-state index in [-0.39, 0.29) is 18.3 Å². The van der Waals surface area contributed by atoms with E-state index in [9.17, 15) is 5.11 Å². The monoisotopic (exact) mass is 277 g/mol. The molecular formula is C17H27NO2. The molecule has 1 fully saturated rings. The fourth-order valence-electron chi connectivity index (χ4n) is 3.32. The molecule has 1 aliphatic heterocycles. The SMILES string of the molecule is Cc1cc(C)c(CN2CC(CO)OC(C)(C)C2)c(C)c1. The second-order valence-corrected chi connectivity index (χ2v) is 6.73. The van der Waals surface area contributed by atoms with E-state index < -0.39 is 0 Å². The number of morpholine rings is 1. The van der Waals surface area contributed by atoms with Gasteiger partial charge in [-0.15, -0.1) is 0 Å². The van der Waals surface area contributed by atoms with E-state index in [0.29, 0.717) is 0 Å². The summed E-state index contributed by atoms with van der Waals surface area (Å²) in [5, 5.41) is 9.40. The van der Waals surface area contributed by atoms with Crippen LogP contribution in [0.1, 0.15) is 36.1 Å². The molecule has 0 aliphatic carbocycles. The molecule has 1 N–H and O–H groups in total. The van der Waals surface area contributed by atoms with Gasteiger partial charge in [0.2, 0.25) is 0 Å². The molecule has 1 heterocycles. The fourth-order valence-corrected chi connectivity index (χ4v) is 3.32. The zero-order valence-electron chi connectivity index (χ0n) is 13.4. The van der Waals surface area contributed by atoms with Crippen LogP contribution >= 0.6 is 0 Å². The van der Waals surface area contributed by atoms with E-state index in [1.54, 1.807) is 0 Å². The zero-order valence-corrected chi connectivity index (χ0v) is 13.4. The Hall–Kier alpha value is -0.900. The number of ether oxygens (including phenoxy) is 1. The number of rotatable bonds is 3. The summed E-state index contributed by atoms with van der Waals surface area (Å²) in [5.74, 6) is 0. The number of nitrogens with zero attached hydrogens (tertiary/aromatic N) is 1. The van der Waals surface area contributed by atoms with Gasteiger partial charge in [-0.05, 0) is 51.3 Å². The molecule has 20 heavy (non-hydrogen) atoms. The summed E-state index contributed by atoms with van der Waals surface area (Å²) in [4.78, 5) is 2.40. The molecule has 1 aliphatic rings. The topological polar surface area (TPSA) is 32.7 Å². The third kappa shape index (κ3) is 3.60. The summed E-state index contributed by atoms with van der Waals surface area (Å²) < 4.78 is 5.88. The quantitative estimate of drug-likeness (QED) is 0.922. The Morgan fingerprint density at radius 1 is 1.25 bits per heavy atom. The second-order valence-electron chi connectivity index (χ2n) is 6.73. The van der Waals surface area contributed by atoms with E-state index in [4.69, 9.17) is 4.74 Å². The highest BCUT2D eigenvalue weighted by Crippen LogP contribution is 2.25. The molecule has 1 unspecified atom stereocenters. The molecule has 0 spiro atoms. The largest absolute Gasteiger partial charge is 0.394 e. The summed E-state index contributed by atoms with van der Waals surface area (Å²) in [6.07, 6.45) is -0.0789. The summed E-state index contributed by atoms with van der Waals surface area (Å²) in [5.41, 5.74) is 5.24. The first-order valence-corrected chi connectivity index (χ1v) is 7.38. The molecule has 112 valence electrons.